The summed E-state index contributed by atoms with van der Waals surface area (Å²) in [5.41, 5.74) is 2.95. The fraction of sp³-hybridized carbons (Fsp3) is 0.636. The Balaban J connectivity index is 1.54. The molecule has 2 aliphatic carbocycles. The molecule has 0 aromatic heterocycles. The monoisotopic (exact) mass is 385 g/mol. The Kier molecular flexibility index (Phi) is 5.58. The molecular weight excluding hydrogens is 354 g/mol. The molecule has 3 aliphatic rings. The summed E-state index contributed by atoms with van der Waals surface area (Å²) in [6.07, 6.45) is 6.20. The van der Waals surface area contributed by atoms with Gasteiger partial charge >= 0.3 is 0 Å². The van der Waals surface area contributed by atoms with E-state index in [4.69, 9.17) is 4.74 Å². The van der Waals surface area contributed by atoms with Crippen LogP contribution in [-0.4, -0.2) is 50.1 Å². The molecular formula is C22H31N3O3. The highest BCUT2D eigenvalue weighted by molar-refractivity contribution is 5.94. The number of ether oxygens (including phenoxy) is 1. The average Bonchev–Trinajstić information content (AvgIpc) is 3.58. The van der Waals surface area contributed by atoms with Crippen molar-refractivity contribution < 1.29 is 14.3 Å². The van der Waals surface area contributed by atoms with E-state index in [-0.39, 0.29) is 29.8 Å². The molecule has 4 rings (SSSR count). The van der Waals surface area contributed by atoms with E-state index in [1.165, 1.54) is 0 Å². The molecule has 2 saturated carbocycles. The SMILES string of the molecule is CN(C)c1ccc(NC(=O)C2CC2)cc1CN(C[C@H]1CCCO1)C(=O)C1CC1. The maximum absolute atomic E-state index is 12.9. The molecule has 1 aromatic carbocycles. The second-order valence-electron chi connectivity index (χ2n) is 8.63. The van der Waals surface area contributed by atoms with Crippen molar-refractivity contribution in [2.24, 2.45) is 11.8 Å². The minimum Gasteiger partial charge on any atom is -0.377 e. The van der Waals surface area contributed by atoms with E-state index in [1.54, 1.807) is 0 Å². The summed E-state index contributed by atoms with van der Waals surface area (Å²) in [7, 11) is 4.02. The van der Waals surface area contributed by atoms with Gasteiger partial charge in [-0.1, -0.05) is 0 Å². The number of nitrogens with zero attached hydrogens (tertiary/aromatic N) is 2. The second-order valence-corrected chi connectivity index (χ2v) is 8.63. The van der Waals surface area contributed by atoms with Crippen LogP contribution in [0.4, 0.5) is 11.4 Å². The molecule has 6 nitrogen and oxygen atoms in total. The first kappa shape index (κ1) is 19.2. The lowest BCUT2D eigenvalue weighted by atomic mass is 10.1. The zero-order valence-corrected chi connectivity index (χ0v) is 16.9. The van der Waals surface area contributed by atoms with Crippen LogP contribution in [0.15, 0.2) is 18.2 Å². The summed E-state index contributed by atoms with van der Waals surface area (Å²) >= 11 is 0. The van der Waals surface area contributed by atoms with Crippen molar-refractivity contribution in [2.45, 2.75) is 51.2 Å². The lowest BCUT2D eigenvalue weighted by Gasteiger charge is -2.28. The van der Waals surface area contributed by atoms with Gasteiger partial charge in [0.05, 0.1) is 6.10 Å². The Labute approximate surface area is 167 Å². The van der Waals surface area contributed by atoms with E-state index >= 15 is 0 Å². The van der Waals surface area contributed by atoms with Crippen molar-refractivity contribution in [3.05, 3.63) is 23.8 Å². The standard InChI is InChI=1S/C22H31N3O3/c1-24(2)20-10-9-18(23-21(26)15-5-6-15)12-17(20)13-25(22(27)16-7-8-16)14-19-4-3-11-28-19/h9-10,12,15-16,19H,3-8,11,13-14H2,1-2H3,(H,23,26)/t19-/m1/s1. The molecule has 28 heavy (non-hydrogen) atoms. The predicted octanol–water partition coefficient (Wildman–Crippen LogP) is 3.02. The third-order valence-electron chi connectivity index (χ3n) is 5.82. The molecule has 0 radical (unpaired) electrons. The van der Waals surface area contributed by atoms with Gasteiger partial charge in [-0.2, -0.15) is 0 Å². The first-order valence-electron chi connectivity index (χ1n) is 10.5. The number of carbonyl (C=O) groups is 2. The number of hydrogen-bond acceptors (Lipinski definition) is 4. The van der Waals surface area contributed by atoms with Crippen molar-refractivity contribution in [1.82, 2.24) is 4.90 Å². The molecule has 2 amide bonds. The summed E-state index contributed by atoms with van der Waals surface area (Å²) in [5, 5.41) is 3.04. The first-order chi connectivity index (χ1) is 13.5. The Bertz CT molecular complexity index is 735. The molecule has 3 fully saturated rings. The van der Waals surface area contributed by atoms with Crippen molar-refractivity contribution in [1.29, 1.82) is 0 Å². The molecule has 0 spiro atoms. The Morgan fingerprint density at radius 1 is 1.11 bits per heavy atom. The van der Waals surface area contributed by atoms with Gasteiger partial charge in [0.15, 0.2) is 0 Å². The molecule has 6 heteroatoms. The van der Waals surface area contributed by atoms with Crippen LogP contribution < -0.4 is 10.2 Å². The number of nitrogens with one attached hydrogen (secondary N) is 1. The van der Waals surface area contributed by atoms with Crippen molar-refractivity contribution in [3.8, 4) is 0 Å². The number of hydrogen-bond donors (Lipinski definition) is 1. The topological polar surface area (TPSA) is 61.9 Å². The van der Waals surface area contributed by atoms with Crippen LogP contribution in [0.3, 0.4) is 0 Å². The number of carbonyl (C=O) groups excluding carboxylic acids is 2. The van der Waals surface area contributed by atoms with E-state index in [9.17, 15) is 9.59 Å². The summed E-state index contributed by atoms with van der Waals surface area (Å²) in [6, 6.07) is 6.01. The predicted molar refractivity (Wildman–Crippen MR) is 109 cm³/mol. The minimum absolute atomic E-state index is 0.105. The second kappa shape index (κ2) is 8.11. The molecule has 1 saturated heterocycles. The zero-order valence-electron chi connectivity index (χ0n) is 16.9. The van der Waals surface area contributed by atoms with Gasteiger partial charge in [0.25, 0.3) is 0 Å². The van der Waals surface area contributed by atoms with E-state index in [2.05, 4.69) is 10.2 Å². The molecule has 0 bridgehead atoms. The van der Waals surface area contributed by atoms with Gasteiger partial charge in [-0.25, -0.2) is 0 Å². The molecule has 1 atom stereocenters. The van der Waals surface area contributed by atoms with Crippen LogP contribution in [0.25, 0.3) is 0 Å². The van der Waals surface area contributed by atoms with Gasteiger partial charge in [0.2, 0.25) is 11.8 Å². The van der Waals surface area contributed by atoms with Gasteiger partial charge in [0, 0.05) is 57.0 Å². The molecule has 152 valence electrons. The highest BCUT2D eigenvalue weighted by atomic mass is 16.5. The Hall–Kier alpha value is -2.08. The van der Waals surface area contributed by atoms with Gasteiger partial charge in [-0.15, -0.1) is 0 Å². The van der Waals surface area contributed by atoms with Crippen LogP contribution in [0.1, 0.15) is 44.1 Å². The summed E-state index contributed by atoms with van der Waals surface area (Å²) in [6.45, 7) is 2.00. The van der Waals surface area contributed by atoms with Crippen LogP contribution in [-0.2, 0) is 20.9 Å². The summed E-state index contributed by atoms with van der Waals surface area (Å²) in [5.74, 6) is 0.702. The largest absolute Gasteiger partial charge is 0.377 e. The molecule has 1 N–H and O–H groups in total. The lowest BCUT2D eigenvalue weighted by molar-refractivity contribution is -0.134. The van der Waals surface area contributed by atoms with Gasteiger partial charge in [0.1, 0.15) is 0 Å². The first-order valence-corrected chi connectivity index (χ1v) is 10.5. The van der Waals surface area contributed by atoms with Crippen molar-refractivity contribution >= 4 is 23.2 Å². The number of amides is 2. The van der Waals surface area contributed by atoms with Crippen LogP contribution in [0.5, 0.6) is 0 Å². The highest BCUT2D eigenvalue weighted by Crippen LogP contribution is 2.34. The quantitative estimate of drug-likeness (QED) is 0.747. The maximum atomic E-state index is 12.9. The van der Waals surface area contributed by atoms with Crippen molar-refractivity contribution in [2.75, 3.05) is 37.5 Å². The van der Waals surface area contributed by atoms with Crippen LogP contribution in [0.2, 0.25) is 0 Å². The van der Waals surface area contributed by atoms with E-state index < -0.39 is 0 Å². The Morgan fingerprint density at radius 2 is 1.86 bits per heavy atom. The maximum Gasteiger partial charge on any atom is 0.227 e. The number of anilines is 2. The average molecular weight is 386 g/mol. The summed E-state index contributed by atoms with van der Waals surface area (Å²) < 4.78 is 5.80. The van der Waals surface area contributed by atoms with E-state index in [0.717, 1.165) is 62.1 Å². The van der Waals surface area contributed by atoms with Crippen molar-refractivity contribution in [3.63, 3.8) is 0 Å². The normalized spacial score (nSPS) is 21.4. The fourth-order valence-corrected chi connectivity index (χ4v) is 3.88. The number of rotatable bonds is 8. The molecule has 0 unspecified atom stereocenters. The zero-order chi connectivity index (χ0) is 19.7. The van der Waals surface area contributed by atoms with E-state index in [1.807, 2.05) is 37.2 Å². The summed E-state index contributed by atoms with van der Waals surface area (Å²) in [4.78, 5) is 29.1. The highest BCUT2D eigenvalue weighted by Gasteiger charge is 2.35. The van der Waals surface area contributed by atoms with E-state index in [0.29, 0.717) is 13.1 Å². The Morgan fingerprint density at radius 3 is 2.46 bits per heavy atom. The smallest absolute Gasteiger partial charge is 0.227 e. The lowest BCUT2D eigenvalue weighted by Crippen LogP contribution is -2.38. The number of benzene rings is 1. The van der Waals surface area contributed by atoms with Crippen LogP contribution >= 0.6 is 0 Å². The minimum atomic E-state index is 0.105. The molecule has 1 heterocycles. The molecule has 1 aromatic rings. The van der Waals surface area contributed by atoms with Crippen LogP contribution in [0, 0.1) is 11.8 Å². The van der Waals surface area contributed by atoms with Gasteiger partial charge < -0.3 is 19.9 Å². The fourth-order valence-electron chi connectivity index (χ4n) is 3.88. The van der Waals surface area contributed by atoms with Gasteiger partial charge in [-0.05, 0) is 62.3 Å². The van der Waals surface area contributed by atoms with Gasteiger partial charge in [-0.3, -0.25) is 9.59 Å². The third-order valence-corrected chi connectivity index (χ3v) is 5.82. The molecule has 1 aliphatic heterocycles. The third kappa shape index (κ3) is 4.66.